The van der Waals surface area contributed by atoms with E-state index in [1.807, 2.05) is 17.0 Å². The lowest BCUT2D eigenvalue weighted by Gasteiger charge is -2.23. The fourth-order valence-electron chi connectivity index (χ4n) is 3.36. The van der Waals surface area contributed by atoms with Crippen molar-refractivity contribution in [1.29, 1.82) is 0 Å². The molecule has 0 fully saturated rings. The van der Waals surface area contributed by atoms with Crippen LogP contribution in [-0.2, 0) is 30.1 Å². The average Bonchev–Trinajstić information content (AvgIpc) is 2.84. The summed E-state index contributed by atoms with van der Waals surface area (Å²) in [5, 5.41) is 11.2. The number of carbonyl (C=O) groups excluding carboxylic acids is 1. The molecule has 0 spiro atoms. The van der Waals surface area contributed by atoms with E-state index in [1.54, 1.807) is 24.5 Å². The third-order valence-corrected chi connectivity index (χ3v) is 6.18. The number of thioether (sulfide) groups is 1. The van der Waals surface area contributed by atoms with Crippen molar-refractivity contribution in [3.8, 4) is 5.75 Å². The van der Waals surface area contributed by atoms with Crippen molar-refractivity contribution in [3.05, 3.63) is 99.4 Å². The first kappa shape index (κ1) is 24.3. The molecule has 0 aliphatic heterocycles. The summed E-state index contributed by atoms with van der Waals surface area (Å²) in [7, 11) is 1.40. The number of rotatable bonds is 11. The number of pyridine rings is 1. The summed E-state index contributed by atoms with van der Waals surface area (Å²) in [4.78, 5) is 29.9. The number of nitro benzene ring substituents is 1. The first-order valence-corrected chi connectivity index (χ1v) is 11.8. The van der Waals surface area contributed by atoms with Crippen LogP contribution in [0.25, 0.3) is 0 Å². The molecule has 0 aliphatic rings. The molecule has 0 atom stereocenters. The van der Waals surface area contributed by atoms with Gasteiger partial charge in [-0.2, -0.15) is 0 Å². The summed E-state index contributed by atoms with van der Waals surface area (Å²) in [5.41, 5.74) is 3.99. The minimum atomic E-state index is -0.461. The molecular weight excluding hydrogens is 438 g/mol. The van der Waals surface area contributed by atoms with Crippen LogP contribution in [0.15, 0.2) is 67.0 Å². The van der Waals surface area contributed by atoms with Gasteiger partial charge in [0.15, 0.2) is 5.75 Å². The van der Waals surface area contributed by atoms with Gasteiger partial charge in [-0.1, -0.05) is 43.3 Å². The van der Waals surface area contributed by atoms with E-state index in [2.05, 4.69) is 36.2 Å². The van der Waals surface area contributed by atoms with Gasteiger partial charge in [-0.05, 0) is 40.8 Å². The third-order valence-electron chi connectivity index (χ3n) is 5.19. The number of aromatic nitrogens is 1. The molecule has 7 nitrogen and oxygen atoms in total. The standard InChI is InChI=1S/C25H27N3O4S/c1-3-19-6-8-20(9-7-19)15-27(16-22-5-4-12-26-14-22)25(29)18-33-17-21-10-11-24(32-2)23(13-21)28(30)31/h4-14H,3,15-18H2,1-2H3. The normalized spacial score (nSPS) is 10.6. The first-order chi connectivity index (χ1) is 16.0. The van der Waals surface area contributed by atoms with Gasteiger partial charge < -0.3 is 9.64 Å². The van der Waals surface area contributed by atoms with Crippen LogP contribution in [0.1, 0.15) is 29.2 Å². The summed E-state index contributed by atoms with van der Waals surface area (Å²) < 4.78 is 5.05. The van der Waals surface area contributed by atoms with Gasteiger partial charge in [0.2, 0.25) is 5.91 Å². The Kier molecular flexibility index (Phi) is 8.83. The van der Waals surface area contributed by atoms with Crippen LogP contribution in [0.4, 0.5) is 5.69 Å². The molecule has 0 unspecified atom stereocenters. The van der Waals surface area contributed by atoms with Crippen molar-refractivity contribution < 1.29 is 14.5 Å². The number of nitro groups is 1. The van der Waals surface area contributed by atoms with Crippen LogP contribution in [0.3, 0.4) is 0 Å². The van der Waals surface area contributed by atoms with Gasteiger partial charge in [0.25, 0.3) is 0 Å². The molecule has 0 aliphatic carbocycles. The van der Waals surface area contributed by atoms with E-state index in [0.29, 0.717) is 18.8 Å². The maximum absolute atomic E-state index is 13.1. The summed E-state index contributed by atoms with van der Waals surface area (Å²) >= 11 is 1.43. The van der Waals surface area contributed by atoms with Crippen molar-refractivity contribution >= 4 is 23.4 Å². The summed E-state index contributed by atoms with van der Waals surface area (Å²) in [6.45, 7) is 3.09. The third kappa shape index (κ3) is 7.05. The lowest BCUT2D eigenvalue weighted by Crippen LogP contribution is -2.31. The topological polar surface area (TPSA) is 85.6 Å². The van der Waals surface area contributed by atoms with Gasteiger partial charge in [-0.3, -0.25) is 19.9 Å². The number of amides is 1. The quantitative estimate of drug-likeness (QED) is 0.292. The molecule has 33 heavy (non-hydrogen) atoms. The Morgan fingerprint density at radius 3 is 2.39 bits per heavy atom. The predicted octanol–water partition coefficient (Wildman–Crippen LogP) is 5.02. The number of hydrogen-bond acceptors (Lipinski definition) is 6. The molecule has 0 bridgehead atoms. The van der Waals surface area contributed by atoms with Gasteiger partial charge in [-0.25, -0.2) is 0 Å². The molecule has 1 amide bonds. The number of methoxy groups -OCH3 is 1. The molecule has 0 N–H and O–H groups in total. The van der Waals surface area contributed by atoms with E-state index in [-0.39, 0.29) is 23.1 Å². The van der Waals surface area contributed by atoms with Crippen LogP contribution >= 0.6 is 11.8 Å². The fourth-order valence-corrected chi connectivity index (χ4v) is 4.24. The molecule has 1 heterocycles. The van der Waals surface area contributed by atoms with Crippen molar-refractivity contribution in [3.63, 3.8) is 0 Å². The second kappa shape index (κ2) is 12.0. The zero-order valence-electron chi connectivity index (χ0n) is 18.8. The highest BCUT2D eigenvalue weighted by atomic mass is 32.2. The van der Waals surface area contributed by atoms with Crippen LogP contribution in [0.2, 0.25) is 0 Å². The van der Waals surface area contributed by atoms with Gasteiger partial charge >= 0.3 is 5.69 Å². The maximum atomic E-state index is 13.1. The van der Waals surface area contributed by atoms with Gasteiger partial charge in [-0.15, -0.1) is 11.8 Å². The Balaban J connectivity index is 1.66. The minimum absolute atomic E-state index is 0.00596. The van der Waals surface area contributed by atoms with E-state index in [1.165, 1.54) is 30.5 Å². The molecule has 2 aromatic carbocycles. The zero-order chi connectivity index (χ0) is 23.6. The van der Waals surface area contributed by atoms with Crippen molar-refractivity contribution in [2.45, 2.75) is 32.2 Å². The fraction of sp³-hybridized carbons (Fsp3) is 0.280. The SMILES string of the molecule is CCc1ccc(CN(Cc2cccnc2)C(=O)CSCc2ccc(OC)c([N+](=O)[O-])c2)cc1. The van der Waals surface area contributed by atoms with Crippen LogP contribution in [-0.4, -0.2) is 33.6 Å². The van der Waals surface area contributed by atoms with Gasteiger partial charge in [0.05, 0.1) is 17.8 Å². The highest BCUT2D eigenvalue weighted by Gasteiger charge is 2.17. The Morgan fingerprint density at radius 1 is 1.06 bits per heavy atom. The second-order valence-electron chi connectivity index (χ2n) is 7.54. The van der Waals surface area contributed by atoms with Crippen LogP contribution < -0.4 is 4.74 Å². The first-order valence-electron chi connectivity index (χ1n) is 10.6. The van der Waals surface area contributed by atoms with Crippen molar-refractivity contribution in [2.24, 2.45) is 0 Å². The average molecular weight is 466 g/mol. The second-order valence-corrected chi connectivity index (χ2v) is 8.52. The highest BCUT2D eigenvalue weighted by Crippen LogP contribution is 2.29. The summed E-state index contributed by atoms with van der Waals surface area (Å²) in [6.07, 6.45) is 4.45. The molecule has 0 saturated carbocycles. The number of nitrogens with zero attached hydrogens (tertiary/aromatic N) is 3. The van der Waals surface area contributed by atoms with Gasteiger partial charge in [0, 0.05) is 37.3 Å². The van der Waals surface area contributed by atoms with Crippen LogP contribution in [0.5, 0.6) is 5.75 Å². The lowest BCUT2D eigenvalue weighted by atomic mass is 10.1. The molecule has 172 valence electrons. The van der Waals surface area contributed by atoms with Crippen molar-refractivity contribution in [2.75, 3.05) is 12.9 Å². The molecule has 0 saturated heterocycles. The predicted molar refractivity (Wildman–Crippen MR) is 130 cm³/mol. The maximum Gasteiger partial charge on any atom is 0.311 e. The van der Waals surface area contributed by atoms with E-state index in [4.69, 9.17) is 4.74 Å². The largest absolute Gasteiger partial charge is 0.490 e. The van der Waals surface area contributed by atoms with E-state index >= 15 is 0 Å². The Labute approximate surface area is 197 Å². The zero-order valence-corrected chi connectivity index (χ0v) is 19.6. The number of benzene rings is 2. The Hall–Kier alpha value is -3.39. The molecular formula is C25H27N3O4S. The smallest absolute Gasteiger partial charge is 0.311 e. The van der Waals surface area contributed by atoms with Crippen molar-refractivity contribution in [1.82, 2.24) is 9.88 Å². The highest BCUT2D eigenvalue weighted by molar-refractivity contribution is 7.99. The molecule has 3 aromatic rings. The van der Waals surface area contributed by atoms with E-state index in [9.17, 15) is 14.9 Å². The number of hydrogen-bond donors (Lipinski definition) is 0. The number of ether oxygens (including phenoxy) is 1. The van der Waals surface area contributed by atoms with E-state index in [0.717, 1.165) is 23.1 Å². The number of aryl methyl sites for hydroxylation is 1. The Morgan fingerprint density at radius 2 is 1.76 bits per heavy atom. The van der Waals surface area contributed by atoms with Crippen LogP contribution in [0, 0.1) is 10.1 Å². The molecule has 8 heteroatoms. The molecule has 1 aromatic heterocycles. The summed E-state index contributed by atoms with van der Waals surface area (Å²) in [5.74, 6) is 0.989. The number of carbonyl (C=O) groups is 1. The van der Waals surface area contributed by atoms with E-state index < -0.39 is 4.92 Å². The monoisotopic (exact) mass is 465 g/mol. The summed E-state index contributed by atoms with van der Waals surface area (Å²) in [6, 6.07) is 17.0. The Bertz CT molecular complexity index is 1070. The molecule has 3 rings (SSSR count). The molecule has 0 radical (unpaired) electrons. The lowest BCUT2D eigenvalue weighted by molar-refractivity contribution is -0.385. The minimum Gasteiger partial charge on any atom is -0.490 e. The van der Waals surface area contributed by atoms with Gasteiger partial charge in [0.1, 0.15) is 0 Å².